The molecule has 0 spiro atoms. The molecule has 5 heteroatoms. The van der Waals surface area contributed by atoms with Crippen LogP contribution in [0.5, 0.6) is 0 Å². The fourth-order valence-corrected chi connectivity index (χ4v) is 3.93. The highest BCUT2D eigenvalue weighted by molar-refractivity contribution is 6.04. The Hall–Kier alpha value is -3.44. The van der Waals surface area contributed by atoms with Gasteiger partial charge in [0.25, 0.3) is 5.91 Å². The van der Waals surface area contributed by atoms with Crippen molar-refractivity contribution in [2.75, 3.05) is 11.9 Å². The molecule has 0 radical (unpaired) electrons. The highest BCUT2D eigenvalue weighted by atomic mass is 16.1. The third kappa shape index (κ3) is 3.65. The molecular formula is C24H22N4O. The number of aromatic nitrogens is 2. The normalized spacial score (nSPS) is 13.2. The first kappa shape index (κ1) is 17.6. The first-order chi connectivity index (χ1) is 14.3. The molecule has 3 aromatic carbocycles. The van der Waals surface area contributed by atoms with Crippen molar-refractivity contribution in [3.05, 3.63) is 95.3 Å². The van der Waals surface area contributed by atoms with Gasteiger partial charge in [0.2, 0.25) is 0 Å². The summed E-state index contributed by atoms with van der Waals surface area (Å²) in [7, 11) is 0. The lowest BCUT2D eigenvalue weighted by Gasteiger charge is -2.18. The molecular weight excluding hydrogens is 360 g/mol. The van der Waals surface area contributed by atoms with Crippen molar-refractivity contribution in [3.8, 4) is 0 Å². The first-order valence-corrected chi connectivity index (χ1v) is 9.89. The fraction of sp³-hybridized carbons (Fsp3) is 0.167. The van der Waals surface area contributed by atoms with Gasteiger partial charge in [-0.1, -0.05) is 48.5 Å². The van der Waals surface area contributed by atoms with Gasteiger partial charge in [-0.15, -0.1) is 0 Å². The quantitative estimate of drug-likeness (QED) is 0.561. The van der Waals surface area contributed by atoms with E-state index >= 15 is 0 Å². The summed E-state index contributed by atoms with van der Waals surface area (Å²) in [5.41, 5.74) is 5.17. The lowest BCUT2D eigenvalue weighted by molar-refractivity contribution is 0.102. The van der Waals surface area contributed by atoms with Crippen LogP contribution in [-0.2, 0) is 19.5 Å². The molecule has 2 N–H and O–H groups in total. The molecule has 0 saturated carbocycles. The Balaban J connectivity index is 1.32. The van der Waals surface area contributed by atoms with Gasteiger partial charge < -0.3 is 10.6 Å². The number of rotatable bonds is 4. The monoisotopic (exact) mass is 382 g/mol. The molecule has 144 valence electrons. The van der Waals surface area contributed by atoms with Gasteiger partial charge in [0, 0.05) is 18.4 Å². The molecule has 0 bridgehead atoms. The SMILES string of the molecule is O=C(Nc1ccc2c(c1)CCNC2)c1cnn(Cc2cccc3ccccc23)c1. The van der Waals surface area contributed by atoms with E-state index in [1.807, 2.05) is 22.9 Å². The number of anilines is 1. The molecule has 2 heterocycles. The van der Waals surface area contributed by atoms with E-state index in [0.717, 1.165) is 25.2 Å². The van der Waals surface area contributed by atoms with Gasteiger partial charge >= 0.3 is 0 Å². The molecule has 0 atom stereocenters. The minimum atomic E-state index is -0.136. The Morgan fingerprint density at radius 1 is 1.07 bits per heavy atom. The molecule has 1 aliphatic heterocycles. The number of hydrogen-bond donors (Lipinski definition) is 2. The third-order valence-electron chi connectivity index (χ3n) is 5.46. The van der Waals surface area contributed by atoms with Crippen LogP contribution < -0.4 is 10.6 Å². The molecule has 1 aliphatic rings. The predicted molar refractivity (Wildman–Crippen MR) is 115 cm³/mol. The molecule has 1 aromatic heterocycles. The average Bonchev–Trinajstić information content (AvgIpc) is 3.23. The first-order valence-electron chi connectivity index (χ1n) is 9.89. The topological polar surface area (TPSA) is 59.0 Å². The van der Waals surface area contributed by atoms with E-state index in [0.29, 0.717) is 12.1 Å². The zero-order valence-corrected chi connectivity index (χ0v) is 16.1. The molecule has 4 aromatic rings. The van der Waals surface area contributed by atoms with Crippen LogP contribution in [0.4, 0.5) is 5.69 Å². The summed E-state index contributed by atoms with van der Waals surface area (Å²) in [5.74, 6) is -0.136. The van der Waals surface area contributed by atoms with Crippen molar-refractivity contribution in [1.82, 2.24) is 15.1 Å². The Kier molecular flexibility index (Phi) is 4.58. The van der Waals surface area contributed by atoms with Crippen molar-refractivity contribution in [2.45, 2.75) is 19.5 Å². The molecule has 0 saturated heterocycles. The summed E-state index contributed by atoms with van der Waals surface area (Å²) in [6.07, 6.45) is 4.42. The summed E-state index contributed by atoms with van der Waals surface area (Å²) < 4.78 is 1.81. The van der Waals surface area contributed by atoms with E-state index in [2.05, 4.69) is 58.2 Å². The summed E-state index contributed by atoms with van der Waals surface area (Å²) in [6.45, 7) is 2.50. The second-order valence-corrected chi connectivity index (χ2v) is 7.43. The van der Waals surface area contributed by atoms with Crippen LogP contribution in [0.1, 0.15) is 27.0 Å². The standard InChI is InChI=1S/C24H22N4O/c29-24(27-22-9-8-19-13-25-11-10-18(19)12-22)21-14-26-28(16-21)15-20-6-3-5-17-4-1-2-7-23(17)20/h1-9,12,14,16,25H,10-11,13,15H2,(H,27,29). The van der Waals surface area contributed by atoms with Crippen LogP contribution >= 0.6 is 0 Å². The number of hydrogen-bond acceptors (Lipinski definition) is 3. The summed E-state index contributed by atoms with van der Waals surface area (Å²) in [4.78, 5) is 12.7. The largest absolute Gasteiger partial charge is 0.322 e. The van der Waals surface area contributed by atoms with Crippen molar-refractivity contribution in [1.29, 1.82) is 0 Å². The van der Waals surface area contributed by atoms with Crippen LogP contribution in [0.2, 0.25) is 0 Å². The van der Waals surface area contributed by atoms with Crippen molar-refractivity contribution in [2.24, 2.45) is 0 Å². The van der Waals surface area contributed by atoms with Crippen molar-refractivity contribution in [3.63, 3.8) is 0 Å². The van der Waals surface area contributed by atoms with Crippen LogP contribution in [0.15, 0.2) is 73.1 Å². The van der Waals surface area contributed by atoms with Gasteiger partial charge in [-0.05, 0) is 52.6 Å². The lowest BCUT2D eigenvalue weighted by Crippen LogP contribution is -2.23. The van der Waals surface area contributed by atoms with Crippen LogP contribution in [0.3, 0.4) is 0 Å². The van der Waals surface area contributed by atoms with Crippen molar-refractivity contribution < 1.29 is 4.79 Å². The summed E-state index contributed by atoms with van der Waals surface area (Å²) in [5, 5.41) is 13.2. The zero-order valence-electron chi connectivity index (χ0n) is 16.1. The van der Waals surface area contributed by atoms with Gasteiger partial charge in [-0.2, -0.15) is 5.10 Å². The Labute approximate surface area is 169 Å². The maximum Gasteiger partial charge on any atom is 0.258 e. The maximum absolute atomic E-state index is 12.7. The van der Waals surface area contributed by atoms with Crippen molar-refractivity contribution >= 4 is 22.4 Å². The molecule has 0 fully saturated rings. The number of amides is 1. The second kappa shape index (κ2) is 7.53. The highest BCUT2D eigenvalue weighted by Gasteiger charge is 2.13. The van der Waals surface area contributed by atoms with E-state index in [9.17, 15) is 4.79 Å². The summed E-state index contributed by atoms with van der Waals surface area (Å²) >= 11 is 0. The molecule has 0 unspecified atom stereocenters. The van der Waals surface area contributed by atoms with E-state index in [-0.39, 0.29) is 5.91 Å². The molecule has 0 aliphatic carbocycles. The third-order valence-corrected chi connectivity index (χ3v) is 5.46. The smallest absolute Gasteiger partial charge is 0.258 e. The minimum absolute atomic E-state index is 0.136. The lowest BCUT2D eigenvalue weighted by atomic mass is 10.0. The van der Waals surface area contributed by atoms with Gasteiger partial charge in [-0.3, -0.25) is 9.48 Å². The van der Waals surface area contributed by atoms with Crippen LogP contribution in [0, 0.1) is 0 Å². The summed E-state index contributed by atoms with van der Waals surface area (Å²) in [6, 6.07) is 20.7. The Bertz CT molecular complexity index is 1190. The Morgan fingerprint density at radius 2 is 1.97 bits per heavy atom. The Morgan fingerprint density at radius 3 is 2.93 bits per heavy atom. The van der Waals surface area contributed by atoms with Gasteiger partial charge in [-0.25, -0.2) is 0 Å². The molecule has 5 rings (SSSR count). The highest BCUT2D eigenvalue weighted by Crippen LogP contribution is 2.21. The minimum Gasteiger partial charge on any atom is -0.322 e. The molecule has 1 amide bonds. The van der Waals surface area contributed by atoms with E-state index in [1.165, 1.54) is 27.5 Å². The van der Waals surface area contributed by atoms with E-state index < -0.39 is 0 Å². The average molecular weight is 382 g/mol. The molecule has 29 heavy (non-hydrogen) atoms. The van der Waals surface area contributed by atoms with E-state index in [1.54, 1.807) is 12.4 Å². The van der Waals surface area contributed by atoms with Gasteiger partial charge in [0.1, 0.15) is 0 Å². The van der Waals surface area contributed by atoms with Gasteiger partial charge in [0.05, 0.1) is 18.3 Å². The number of fused-ring (bicyclic) bond motifs is 2. The number of benzene rings is 3. The van der Waals surface area contributed by atoms with E-state index in [4.69, 9.17) is 0 Å². The predicted octanol–water partition coefficient (Wildman–Crippen LogP) is 3.98. The molecule has 5 nitrogen and oxygen atoms in total. The van der Waals surface area contributed by atoms with Gasteiger partial charge in [0.15, 0.2) is 0 Å². The fourth-order valence-electron chi connectivity index (χ4n) is 3.93. The van der Waals surface area contributed by atoms with Crippen LogP contribution in [-0.4, -0.2) is 22.2 Å². The maximum atomic E-state index is 12.7. The van der Waals surface area contributed by atoms with Crippen LogP contribution in [0.25, 0.3) is 10.8 Å². The number of carbonyl (C=O) groups excluding carboxylic acids is 1. The number of carbonyl (C=O) groups is 1. The number of nitrogens with zero attached hydrogens (tertiary/aromatic N) is 2. The zero-order chi connectivity index (χ0) is 19.6. The second-order valence-electron chi connectivity index (χ2n) is 7.43. The number of nitrogens with one attached hydrogen (secondary N) is 2.